The van der Waals surface area contributed by atoms with E-state index in [0.29, 0.717) is 12.8 Å². The molecule has 13 heteroatoms. The smallest absolute Gasteiger partial charge is 0.363 e. The highest BCUT2D eigenvalue weighted by Crippen LogP contribution is 2.57. The van der Waals surface area contributed by atoms with Crippen molar-refractivity contribution in [1.29, 1.82) is 0 Å². The summed E-state index contributed by atoms with van der Waals surface area (Å²) in [6.07, 6.45) is -0.395. The van der Waals surface area contributed by atoms with Gasteiger partial charge in [0, 0.05) is 0 Å². The van der Waals surface area contributed by atoms with E-state index in [4.69, 9.17) is 4.74 Å². The summed E-state index contributed by atoms with van der Waals surface area (Å²) < 4.78 is 101. The third-order valence-electron chi connectivity index (χ3n) is 4.41. The van der Waals surface area contributed by atoms with Crippen LogP contribution in [-0.4, -0.2) is 23.4 Å². The van der Waals surface area contributed by atoms with Crippen molar-refractivity contribution in [3.05, 3.63) is 40.2 Å². The Morgan fingerprint density at radius 2 is 1.26 bits per heavy atom. The lowest BCUT2D eigenvalue weighted by Crippen LogP contribution is -2.24. The average Bonchev–Trinajstić information content (AvgIpc) is 3.28. The van der Waals surface area contributed by atoms with Gasteiger partial charge in [-0.2, -0.15) is 8.42 Å². The van der Waals surface area contributed by atoms with Crippen LogP contribution in [0.25, 0.3) is 0 Å². The third-order valence-corrected chi connectivity index (χ3v) is 5.62. The van der Waals surface area contributed by atoms with Crippen molar-refractivity contribution in [2.45, 2.75) is 29.9 Å². The molecule has 4 rings (SSSR count). The van der Waals surface area contributed by atoms with Crippen LogP contribution in [-0.2, 0) is 14.9 Å². The quantitative estimate of drug-likeness (QED) is 0.455. The molecule has 0 spiro atoms. The summed E-state index contributed by atoms with van der Waals surface area (Å²) >= 11 is 0. The van der Waals surface area contributed by atoms with E-state index in [0.717, 1.165) is 0 Å². The molecule has 1 fully saturated rings. The molecular weight excluding hydrogens is 405 g/mol. The van der Waals surface area contributed by atoms with Crippen LogP contribution < -0.4 is 4.28 Å². The first-order valence-corrected chi connectivity index (χ1v) is 8.75. The molecule has 0 amide bonds. The van der Waals surface area contributed by atoms with Gasteiger partial charge in [0.25, 0.3) is 0 Å². The van der Waals surface area contributed by atoms with Gasteiger partial charge in [-0.3, -0.25) is 4.28 Å². The summed E-state index contributed by atoms with van der Waals surface area (Å²) in [5.41, 5.74) is 0.0488. The van der Waals surface area contributed by atoms with Crippen molar-refractivity contribution in [1.82, 2.24) is 4.73 Å². The molecule has 2 bridgehead atoms. The first-order chi connectivity index (χ1) is 12.6. The largest absolute Gasteiger partial charge is 0.492 e. The number of aromatic hydroxyl groups is 2. The highest BCUT2D eigenvalue weighted by Gasteiger charge is 2.47. The average molecular weight is 413 g/mol. The Bertz CT molecular complexity index is 1040. The number of halogens is 5. The molecule has 2 N–H and O–H groups in total. The van der Waals surface area contributed by atoms with Gasteiger partial charge in [-0.25, -0.2) is 22.0 Å². The van der Waals surface area contributed by atoms with Gasteiger partial charge >= 0.3 is 10.1 Å². The van der Waals surface area contributed by atoms with Crippen LogP contribution in [0.5, 0.6) is 11.8 Å². The van der Waals surface area contributed by atoms with E-state index in [1.54, 1.807) is 0 Å². The van der Waals surface area contributed by atoms with Crippen molar-refractivity contribution >= 4 is 10.1 Å². The second kappa shape index (κ2) is 5.48. The minimum absolute atomic E-state index is 0.0244. The highest BCUT2D eigenvalue weighted by molar-refractivity contribution is 7.87. The molecule has 27 heavy (non-hydrogen) atoms. The first-order valence-electron chi connectivity index (χ1n) is 7.34. The minimum atomic E-state index is -5.68. The number of hydrogen-bond donors (Lipinski definition) is 2. The summed E-state index contributed by atoms with van der Waals surface area (Å²) in [7, 11) is -5.68. The van der Waals surface area contributed by atoms with Gasteiger partial charge in [0.15, 0.2) is 28.2 Å². The van der Waals surface area contributed by atoms with Crippen molar-refractivity contribution in [3.63, 3.8) is 0 Å². The molecule has 146 valence electrons. The lowest BCUT2D eigenvalue weighted by atomic mass is 9.95. The second-order valence-electron chi connectivity index (χ2n) is 5.89. The fourth-order valence-electron chi connectivity index (χ4n) is 3.27. The van der Waals surface area contributed by atoms with E-state index >= 15 is 0 Å². The van der Waals surface area contributed by atoms with Crippen molar-refractivity contribution in [2.24, 2.45) is 0 Å². The Morgan fingerprint density at radius 3 is 1.70 bits per heavy atom. The van der Waals surface area contributed by atoms with E-state index in [1.165, 1.54) is 0 Å². The SMILES string of the molecule is O=S(=O)(On1c(O)c2c(c1O)C1CCC2O1)c1c(F)c(F)c(F)c(F)c1F. The molecule has 2 unspecified atom stereocenters. The van der Waals surface area contributed by atoms with E-state index in [2.05, 4.69) is 4.28 Å². The normalized spacial score (nSPS) is 20.9. The fraction of sp³-hybridized carbons (Fsp3) is 0.286. The predicted molar refractivity (Wildman–Crippen MR) is 73.6 cm³/mol. The van der Waals surface area contributed by atoms with Gasteiger partial charge in [0.05, 0.1) is 23.3 Å². The van der Waals surface area contributed by atoms with E-state index < -0.39 is 68.1 Å². The van der Waals surface area contributed by atoms with E-state index in [1.807, 2.05) is 0 Å². The summed E-state index contributed by atoms with van der Waals surface area (Å²) in [4.78, 5) is -2.26. The molecule has 2 atom stereocenters. The molecular formula is C14H8F5NO6S. The number of hydrogen-bond acceptors (Lipinski definition) is 6. The second-order valence-corrected chi connectivity index (χ2v) is 7.35. The van der Waals surface area contributed by atoms with Gasteiger partial charge in [-0.1, -0.05) is 4.73 Å². The summed E-state index contributed by atoms with van der Waals surface area (Å²) in [5, 5.41) is 20.2. The molecule has 2 aromatic rings. The molecule has 2 aliphatic heterocycles. The lowest BCUT2D eigenvalue weighted by Gasteiger charge is -2.12. The summed E-state index contributed by atoms with van der Waals surface area (Å²) in [6, 6.07) is 0. The zero-order valence-corrected chi connectivity index (χ0v) is 13.7. The fourth-order valence-corrected chi connectivity index (χ4v) is 4.30. The van der Waals surface area contributed by atoms with Crippen molar-refractivity contribution in [3.8, 4) is 11.8 Å². The van der Waals surface area contributed by atoms with Crippen LogP contribution >= 0.6 is 0 Å². The van der Waals surface area contributed by atoms with Crippen LogP contribution in [0.3, 0.4) is 0 Å². The molecule has 1 saturated heterocycles. The Hall–Kier alpha value is -2.54. The van der Waals surface area contributed by atoms with Crippen LogP contribution in [0.4, 0.5) is 22.0 Å². The van der Waals surface area contributed by atoms with Gasteiger partial charge in [0.1, 0.15) is 0 Å². The number of ether oxygens (including phenoxy) is 1. The Morgan fingerprint density at radius 1 is 0.852 bits per heavy atom. The third kappa shape index (κ3) is 2.24. The monoisotopic (exact) mass is 413 g/mol. The molecule has 0 radical (unpaired) electrons. The Kier molecular flexibility index (Phi) is 3.63. The lowest BCUT2D eigenvalue weighted by molar-refractivity contribution is 0.0646. The molecule has 2 aliphatic rings. The van der Waals surface area contributed by atoms with Crippen LogP contribution in [0.2, 0.25) is 0 Å². The summed E-state index contributed by atoms with van der Waals surface area (Å²) in [5.74, 6) is -14.7. The number of aromatic nitrogens is 1. The first kappa shape index (κ1) is 17.9. The van der Waals surface area contributed by atoms with E-state index in [-0.39, 0.29) is 15.9 Å². The number of nitrogens with zero attached hydrogens (tertiary/aromatic N) is 1. The van der Waals surface area contributed by atoms with Gasteiger partial charge in [-0.05, 0) is 12.8 Å². The van der Waals surface area contributed by atoms with Crippen molar-refractivity contribution in [2.75, 3.05) is 0 Å². The van der Waals surface area contributed by atoms with Crippen molar-refractivity contribution < 1.29 is 49.6 Å². The maximum absolute atomic E-state index is 13.8. The highest BCUT2D eigenvalue weighted by atomic mass is 32.2. The van der Waals surface area contributed by atoms with Crippen LogP contribution in [0.1, 0.15) is 36.2 Å². The number of fused-ring (bicyclic) bond motifs is 5. The molecule has 1 aromatic carbocycles. The van der Waals surface area contributed by atoms with Gasteiger partial charge in [-0.15, -0.1) is 0 Å². The molecule has 7 nitrogen and oxygen atoms in total. The molecule has 3 heterocycles. The number of rotatable bonds is 3. The zero-order valence-electron chi connectivity index (χ0n) is 12.8. The molecule has 1 aromatic heterocycles. The predicted octanol–water partition coefficient (Wildman–Crippen LogP) is 2.32. The molecule has 0 saturated carbocycles. The standard InChI is InChI=1S/C14H8F5NO6S/c15-7-8(16)10(18)12(11(19)9(7)17)27(23,24)26-20-13(21)5-3-1-2-4(25-3)6(5)14(20)22/h3-4,21-22H,1-2H2. The van der Waals surface area contributed by atoms with E-state index in [9.17, 15) is 40.6 Å². The zero-order chi connectivity index (χ0) is 19.8. The van der Waals surface area contributed by atoms with Gasteiger partial charge in [0.2, 0.25) is 17.6 Å². The minimum Gasteiger partial charge on any atom is -0.492 e. The van der Waals surface area contributed by atoms with Crippen LogP contribution in [0.15, 0.2) is 4.90 Å². The topological polar surface area (TPSA) is 98.0 Å². The van der Waals surface area contributed by atoms with Gasteiger partial charge < -0.3 is 14.9 Å². The Labute approximate surface area is 147 Å². The maximum atomic E-state index is 13.8. The Balaban J connectivity index is 1.84. The maximum Gasteiger partial charge on any atom is 0.363 e. The number of benzene rings is 1. The van der Waals surface area contributed by atoms with Crippen LogP contribution in [0, 0.1) is 29.1 Å². The molecule has 0 aliphatic carbocycles. The summed E-state index contributed by atoms with van der Waals surface area (Å²) in [6.45, 7) is 0.